The number of carbonyl (C=O) groups excluding carboxylic acids is 1. The first-order valence-corrected chi connectivity index (χ1v) is 14.6. The number of hydrogen-bond donors (Lipinski definition) is 4. The standard InChI is InChI=1S/C34H32N4O6/c1-6-17-14(3)21-10-22-15(4)19(8-9-27(40)41)31(37-22)29-30(34(43)44)33(42)28-16(5)23(38-32(28)29)11-25-18(7-2)20(13-39)26(36-25)12-24(17)35-21/h6,10-13,15,19,30,37,39H,1,7-9H2,2-5H3,(H,40,41)(H,43,44)/b20-13-,22-10?,23-11?,24-12?,31-29?. The Bertz CT molecular complexity index is 1850. The normalized spacial score (nSPS) is 26.6. The molecule has 1 saturated heterocycles. The van der Waals surface area contributed by atoms with E-state index in [1.54, 1.807) is 19.1 Å². The summed E-state index contributed by atoms with van der Waals surface area (Å²) >= 11 is 0. The maximum absolute atomic E-state index is 13.8. The van der Waals surface area contributed by atoms with Gasteiger partial charge < -0.3 is 20.6 Å². The third-order valence-electron chi connectivity index (χ3n) is 9.21. The van der Waals surface area contributed by atoms with Crippen molar-refractivity contribution in [3.63, 3.8) is 0 Å². The predicted molar refractivity (Wildman–Crippen MR) is 166 cm³/mol. The number of aliphatic carboxylic acids is 2. The molecular formula is C34H32N4O6. The monoisotopic (exact) mass is 592 g/mol. The van der Waals surface area contributed by atoms with Crippen LogP contribution in [-0.4, -0.2) is 50.2 Å². The van der Waals surface area contributed by atoms with Gasteiger partial charge in [-0.25, -0.2) is 15.0 Å². The number of carboxylic acid groups (broad SMARTS) is 2. The minimum atomic E-state index is -1.47. The number of Topliss-reactive ketones (excluding diaryl/α,β-unsaturated/α-hetero) is 1. The molecule has 224 valence electrons. The molecule has 8 bridgehead atoms. The first-order valence-electron chi connectivity index (χ1n) is 14.6. The van der Waals surface area contributed by atoms with Crippen molar-refractivity contribution in [2.45, 2.75) is 47.0 Å². The van der Waals surface area contributed by atoms with Gasteiger partial charge in [-0.15, -0.1) is 0 Å². The van der Waals surface area contributed by atoms with Gasteiger partial charge in [-0.1, -0.05) is 26.5 Å². The number of rotatable bonds is 6. The largest absolute Gasteiger partial charge is 0.515 e. The Labute approximate surface area is 254 Å². The van der Waals surface area contributed by atoms with Gasteiger partial charge in [-0.05, 0) is 61.6 Å². The first kappa shape index (κ1) is 29.0. The van der Waals surface area contributed by atoms with E-state index in [1.165, 1.54) is 0 Å². The van der Waals surface area contributed by atoms with E-state index >= 15 is 0 Å². The lowest BCUT2D eigenvalue weighted by Crippen LogP contribution is -2.25. The zero-order valence-corrected chi connectivity index (χ0v) is 24.9. The molecule has 3 atom stereocenters. The Morgan fingerprint density at radius 2 is 1.80 bits per heavy atom. The molecule has 4 N–H and O–H groups in total. The van der Waals surface area contributed by atoms with Crippen LogP contribution < -0.4 is 5.32 Å². The molecule has 0 radical (unpaired) electrons. The molecule has 0 amide bonds. The molecule has 10 heteroatoms. The van der Waals surface area contributed by atoms with Crippen molar-refractivity contribution < 1.29 is 29.7 Å². The van der Waals surface area contributed by atoms with Crippen LogP contribution in [0.4, 0.5) is 0 Å². The van der Waals surface area contributed by atoms with Crippen molar-refractivity contribution in [2.75, 3.05) is 0 Å². The highest BCUT2D eigenvalue weighted by Crippen LogP contribution is 2.47. The number of ketones is 1. The predicted octanol–water partition coefficient (Wildman–Crippen LogP) is 5.20. The number of nitrogens with one attached hydrogen (secondary N) is 1. The van der Waals surface area contributed by atoms with E-state index in [0.29, 0.717) is 57.5 Å². The molecule has 6 rings (SSSR count). The number of nitrogens with zero attached hydrogens (tertiary/aromatic N) is 3. The fourth-order valence-corrected chi connectivity index (χ4v) is 6.88. The van der Waals surface area contributed by atoms with Crippen LogP contribution in [0.5, 0.6) is 0 Å². The molecule has 44 heavy (non-hydrogen) atoms. The fourth-order valence-electron chi connectivity index (χ4n) is 6.88. The average molecular weight is 593 g/mol. The summed E-state index contributed by atoms with van der Waals surface area (Å²) in [6, 6.07) is 0. The maximum atomic E-state index is 13.8. The van der Waals surface area contributed by atoms with E-state index in [1.807, 2.05) is 32.9 Å². The Balaban J connectivity index is 1.69. The third kappa shape index (κ3) is 4.24. The molecule has 10 nitrogen and oxygen atoms in total. The third-order valence-corrected chi connectivity index (χ3v) is 9.21. The van der Waals surface area contributed by atoms with Crippen LogP contribution >= 0.6 is 0 Å². The van der Waals surface area contributed by atoms with Crippen molar-refractivity contribution in [3.05, 3.63) is 105 Å². The lowest BCUT2D eigenvalue weighted by Gasteiger charge is -2.18. The molecule has 2 fully saturated rings. The number of aliphatic hydroxyl groups excluding tert-OH is 1. The van der Waals surface area contributed by atoms with Crippen molar-refractivity contribution in [1.29, 1.82) is 0 Å². The molecule has 1 aliphatic carbocycles. The number of fused-ring (bicyclic) bond motifs is 5. The first-order chi connectivity index (χ1) is 21.0. The smallest absolute Gasteiger partial charge is 0.319 e. The molecule has 1 saturated carbocycles. The van der Waals surface area contributed by atoms with Crippen LogP contribution in [0, 0.1) is 17.8 Å². The lowest BCUT2D eigenvalue weighted by atomic mass is 9.85. The second-order valence-electron chi connectivity index (χ2n) is 11.5. The quantitative estimate of drug-likeness (QED) is 0.244. The molecule has 0 aromatic rings. The van der Waals surface area contributed by atoms with Gasteiger partial charge in [0.15, 0.2) is 5.78 Å². The van der Waals surface area contributed by atoms with E-state index in [0.717, 1.165) is 28.7 Å². The van der Waals surface area contributed by atoms with Gasteiger partial charge in [-0.3, -0.25) is 14.4 Å². The van der Waals surface area contributed by atoms with Gasteiger partial charge in [-0.2, -0.15) is 0 Å². The van der Waals surface area contributed by atoms with Crippen molar-refractivity contribution >= 4 is 34.9 Å². The zero-order chi connectivity index (χ0) is 31.6. The zero-order valence-electron chi connectivity index (χ0n) is 24.9. The molecule has 0 spiro atoms. The van der Waals surface area contributed by atoms with Crippen molar-refractivity contribution in [1.82, 2.24) is 5.32 Å². The summed E-state index contributed by atoms with van der Waals surface area (Å²) in [5, 5.41) is 33.5. The van der Waals surface area contributed by atoms with Crippen LogP contribution in [0.2, 0.25) is 0 Å². The molecule has 3 unspecified atom stereocenters. The number of hydrogen-bond acceptors (Lipinski definition) is 8. The van der Waals surface area contributed by atoms with Crippen molar-refractivity contribution in [3.8, 4) is 0 Å². The number of carbonyl (C=O) groups is 3. The summed E-state index contributed by atoms with van der Waals surface area (Å²) in [5.74, 6) is -4.92. The summed E-state index contributed by atoms with van der Waals surface area (Å²) in [6.45, 7) is 11.6. The average Bonchev–Trinajstić information content (AvgIpc) is 3.72. The van der Waals surface area contributed by atoms with E-state index in [2.05, 4.69) is 11.9 Å². The topological polar surface area (TPSA) is 161 Å². The molecular weight excluding hydrogens is 560 g/mol. The highest BCUT2D eigenvalue weighted by Gasteiger charge is 2.51. The van der Waals surface area contributed by atoms with Gasteiger partial charge in [0.05, 0.1) is 40.5 Å². The van der Waals surface area contributed by atoms with Gasteiger partial charge in [0, 0.05) is 51.9 Å². The summed E-state index contributed by atoms with van der Waals surface area (Å²) in [5.41, 5.74) is 8.42. The van der Waals surface area contributed by atoms with Gasteiger partial charge in [0.1, 0.15) is 5.92 Å². The number of aliphatic imine (C=N–C) groups is 3. The van der Waals surface area contributed by atoms with Crippen LogP contribution in [0.3, 0.4) is 0 Å². The van der Waals surface area contributed by atoms with Crippen LogP contribution in [-0.2, 0) is 14.4 Å². The Morgan fingerprint density at radius 3 is 2.43 bits per heavy atom. The summed E-state index contributed by atoms with van der Waals surface area (Å²) in [4.78, 5) is 52.6. The lowest BCUT2D eigenvalue weighted by molar-refractivity contribution is -0.143. The highest BCUT2D eigenvalue weighted by atomic mass is 16.4. The number of carboxylic acids is 2. The molecule has 5 heterocycles. The van der Waals surface area contributed by atoms with E-state index in [4.69, 9.17) is 15.0 Å². The summed E-state index contributed by atoms with van der Waals surface area (Å²) in [6.07, 6.45) is 8.87. The van der Waals surface area contributed by atoms with Gasteiger partial charge >= 0.3 is 11.9 Å². The molecule has 0 aromatic heterocycles. The minimum Gasteiger partial charge on any atom is -0.515 e. The SMILES string of the molecule is C=CC1=C(C)C2=NC1=CC1=NC(=C(CC)/C1=C/O)C=C1N=C3C(=C1C)C(=O)C(C(=O)O)C3=C1NC(=C2)C(C)C1CCC(=O)O. The molecule has 6 aliphatic rings. The highest BCUT2D eigenvalue weighted by molar-refractivity contribution is 6.42. The Kier molecular flexibility index (Phi) is 6.95. The second-order valence-corrected chi connectivity index (χ2v) is 11.5. The van der Waals surface area contributed by atoms with E-state index in [9.17, 15) is 29.7 Å². The van der Waals surface area contributed by atoms with Gasteiger partial charge in [0.2, 0.25) is 0 Å². The number of aliphatic hydroxyl groups is 1. The molecule has 0 aromatic carbocycles. The molecule has 5 aliphatic heterocycles. The van der Waals surface area contributed by atoms with Crippen LogP contribution in [0.1, 0.15) is 47.0 Å². The second kappa shape index (κ2) is 10.6. The van der Waals surface area contributed by atoms with Crippen molar-refractivity contribution in [2.24, 2.45) is 32.7 Å². The maximum Gasteiger partial charge on any atom is 0.319 e. The Hall–Kier alpha value is -5.12. The minimum absolute atomic E-state index is 0.131. The summed E-state index contributed by atoms with van der Waals surface area (Å²) in [7, 11) is 0. The Morgan fingerprint density at radius 1 is 1.05 bits per heavy atom. The van der Waals surface area contributed by atoms with E-state index in [-0.39, 0.29) is 29.9 Å². The van der Waals surface area contributed by atoms with Crippen LogP contribution in [0.15, 0.2) is 120 Å². The summed E-state index contributed by atoms with van der Waals surface area (Å²) < 4.78 is 0. The fraction of sp³-hybridized carbons (Fsp3) is 0.294. The van der Waals surface area contributed by atoms with Gasteiger partial charge in [0.25, 0.3) is 0 Å². The van der Waals surface area contributed by atoms with E-state index < -0.39 is 29.6 Å². The van der Waals surface area contributed by atoms with Crippen LogP contribution in [0.25, 0.3) is 0 Å². The number of allylic oxidation sites excluding steroid dienone is 11.